The fourth-order valence-electron chi connectivity index (χ4n) is 4.47. The lowest BCUT2D eigenvalue weighted by molar-refractivity contribution is -0.118. The van der Waals surface area contributed by atoms with E-state index in [1.54, 1.807) is 11.0 Å². The molecular formula is C25H32N8O4. The van der Waals surface area contributed by atoms with Gasteiger partial charge in [-0.3, -0.25) is 14.9 Å². The third-order valence-electron chi connectivity index (χ3n) is 6.19. The first-order valence-corrected chi connectivity index (χ1v) is 12.3. The summed E-state index contributed by atoms with van der Waals surface area (Å²) >= 11 is 0. The van der Waals surface area contributed by atoms with Gasteiger partial charge < -0.3 is 31.0 Å². The standard InChI is InChI=1S/C25H32N8O4/c1-3-29-25(37-24(26)36)9-13-33(14-10-25)23(35)19-15-18-21(28-12-11-27-16(2)34)31-20(32-22(18)30-19)17-7-5-4-6-8-17/h4-8,15,29H,3,9-14H2,1-2H3,(H2,26,36)(H,27,34)(H2,28,30,31,32). The number of nitrogens with zero attached hydrogens (tertiary/aromatic N) is 3. The number of H-pyrrole nitrogens is 1. The summed E-state index contributed by atoms with van der Waals surface area (Å²) in [6.07, 6.45) is -0.00415. The van der Waals surface area contributed by atoms with E-state index in [2.05, 4.69) is 25.9 Å². The number of rotatable bonds is 9. The van der Waals surface area contributed by atoms with Crippen molar-refractivity contribution in [1.29, 1.82) is 0 Å². The monoisotopic (exact) mass is 508 g/mol. The summed E-state index contributed by atoms with van der Waals surface area (Å²) < 4.78 is 5.36. The van der Waals surface area contributed by atoms with Crippen molar-refractivity contribution in [3.63, 3.8) is 0 Å². The largest absolute Gasteiger partial charge is 0.428 e. The van der Waals surface area contributed by atoms with Gasteiger partial charge in [-0.2, -0.15) is 0 Å². The number of carbonyl (C=O) groups excluding carboxylic acids is 3. The van der Waals surface area contributed by atoms with Gasteiger partial charge in [-0.15, -0.1) is 0 Å². The van der Waals surface area contributed by atoms with Crippen LogP contribution in [0.4, 0.5) is 10.6 Å². The molecule has 4 rings (SSSR count). The highest BCUT2D eigenvalue weighted by Crippen LogP contribution is 2.28. The smallest absolute Gasteiger partial charge is 0.406 e. The Morgan fingerprint density at radius 3 is 2.51 bits per heavy atom. The molecule has 1 saturated heterocycles. The second kappa shape index (κ2) is 11.2. The Balaban J connectivity index is 1.58. The molecule has 12 heteroatoms. The number of ether oxygens (including phenoxy) is 1. The number of likely N-dealkylation sites (tertiary alicyclic amines) is 1. The first kappa shape index (κ1) is 25.9. The maximum absolute atomic E-state index is 13.4. The van der Waals surface area contributed by atoms with E-state index >= 15 is 0 Å². The van der Waals surface area contributed by atoms with Crippen molar-refractivity contribution in [2.45, 2.75) is 32.4 Å². The zero-order valence-corrected chi connectivity index (χ0v) is 21.0. The van der Waals surface area contributed by atoms with E-state index in [4.69, 9.17) is 15.5 Å². The molecule has 0 spiro atoms. The molecule has 0 unspecified atom stereocenters. The van der Waals surface area contributed by atoms with E-state index in [1.165, 1.54) is 6.92 Å². The maximum Gasteiger partial charge on any atom is 0.406 e. The molecule has 2 aromatic heterocycles. The fraction of sp³-hybridized carbons (Fsp3) is 0.400. The highest BCUT2D eigenvalue weighted by Gasteiger charge is 2.38. The summed E-state index contributed by atoms with van der Waals surface area (Å²) in [5, 5.41) is 9.85. The molecule has 0 radical (unpaired) electrons. The number of nitrogens with two attached hydrogens (primary N) is 1. The van der Waals surface area contributed by atoms with E-state index in [0.717, 1.165) is 5.56 Å². The zero-order valence-electron chi connectivity index (χ0n) is 21.0. The first-order chi connectivity index (χ1) is 17.8. The third kappa shape index (κ3) is 6.15. The summed E-state index contributed by atoms with van der Waals surface area (Å²) in [7, 11) is 0. The molecule has 0 bridgehead atoms. The average molecular weight is 509 g/mol. The van der Waals surface area contributed by atoms with Crippen molar-refractivity contribution in [2.75, 3.05) is 38.0 Å². The molecule has 0 saturated carbocycles. The van der Waals surface area contributed by atoms with Crippen molar-refractivity contribution in [1.82, 2.24) is 30.5 Å². The quantitative estimate of drug-likeness (QED) is 0.215. The van der Waals surface area contributed by atoms with Crippen LogP contribution in [0.25, 0.3) is 22.4 Å². The number of piperidine rings is 1. The SMILES string of the molecule is CCNC1(OC(N)=O)CCN(C(=O)c2cc3c(NCCNC(C)=O)nc(-c4ccccc4)nc3[nH]2)CC1. The number of benzene rings is 1. The lowest BCUT2D eigenvalue weighted by atomic mass is 9.99. The fourth-order valence-corrected chi connectivity index (χ4v) is 4.47. The van der Waals surface area contributed by atoms with Gasteiger partial charge in [0.2, 0.25) is 5.91 Å². The van der Waals surface area contributed by atoms with Crippen molar-refractivity contribution < 1.29 is 19.1 Å². The minimum atomic E-state index is -0.876. The lowest BCUT2D eigenvalue weighted by Gasteiger charge is -2.41. The molecule has 37 heavy (non-hydrogen) atoms. The minimum Gasteiger partial charge on any atom is -0.428 e. The number of hydrogen-bond donors (Lipinski definition) is 5. The number of carbonyl (C=O) groups is 3. The molecule has 12 nitrogen and oxygen atoms in total. The van der Waals surface area contributed by atoms with Crippen LogP contribution in [0.15, 0.2) is 36.4 Å². The Morgan fingerprint density at radius 2 is 1.86 bits per heavy atom. The van der Waals surface area contributed by atoms with Gasteiger partial charge in [0.1, 0.15) is 17.2 Å². The Labute approximate surface area is 214 Å². The van der Waals surface area contributed by atoms with Gasteiger partial charge in [0.25, 0.3) is 5.91 Å². The van der Waals surface area contributed by atoms with Crippen LogP contribution < -0.4 is 21.7 Å². The number of hydrogen-bond acceptors (Lipinski definition) is 8. The minimum absolute atomic E-state index is 0.116. The third-order valence-corrected chi connectivity index (χ3v) is 6.19. The van der Waals surface area contributed by atoms with Crippen molar-refractivity contribution in [2.24, 2.45) is 5.73 Å². The van der Waals surface area contributed by atoms with Gasteiger partial charge in [0.15, 0.2) is 11.5 Å². The van der Waals surface area contributed by atoms with Crippen molar-refractivity contribution >= 4 is 34.8 Å². The average Bonchev–Trinajstić information content (AvgIpc) is 3.31. The van der Waals surface area contributed by atoms with Crippen LogP contribution in [0.2, 0.25) is 0 Å². The van der Waals surface area contributed by atoms with E-state index < -0.39 is 11.8 Å². The van der Waals surface area contributed by atoms with Gasteiger partial charge in [-0.1, -0.05) is 37.3 Å². The number of aromatic amines is 1. The molecule has 6 N–H and O–H groups in total. The van der Waals surface area contributed by atoms with Crippen LogP contribution in [0, 0.1) is 0 Å². The van der Waals surface area contributed by atoms with Crippen LogP contribution in [-0.2, 0) is 9.53 Å². The van der Waals surface area contributed by atoms with Crippen LogP contribution in [-0.4, -0.2) is 76.2 Å². The summed E-state index contributed by atoms with van der Waals surface area (Å²) in [4.78, 5) is 50.2. The number of anilines is 1. The second-order valence-electron chi connectivity index (χ2n) is 8.85. The Bertz CT molecular complexity index is 1270. The highest BCUT2D eigenvalue weighted by atomic mass is 16.6. The van der Waals surface area contributed by atoms with E-state index in [1.807, 2.05) is 37.3 Å². The number of nitrogens with one attached hydrogen (secondary N) is 4. The Kier molecular flexibility index (Phi) is 7.87. The normalized spacial score (nSPS) is 14.8. The van der Waals surface area contributed by atoms with E-state index in [0.29, 0.717) is 73.9 Å². The van der Waals surface area contributed by atoms with E-state index in [9.17, 15) is 14.4 Å². The molecular weight excluding hydrogens is 476 g/mol. The predicted molar refractivity (Wildman–Crippen MR) is 139 cm³/mol. The molecule has 3 aromatic rings. The van der Waals surface area contributed by atoms with Gasteiger partial charge in [-0.25, -0.2) is 14.8 Å². The predicted octanol–water partition coefficient (Wildman–Crippen LogP) is 1.81. The topological polar surface area (TPSA) is 167 Å². The van der Waals surface area contributed by atoms with Crippen LogP contribution in [0.5, 0.6) is 0 Å². The van der Waals surface area contributed by atoms with Crippen molar-refractivity contribution in [3.05, 3.63) is 42.1 Å². The first-order valence-electron chi connectivity index (χ1n) is 12.3. The van der Waals surface area contributed by atoms with Gasteiger partial charge in [-0.05, 0) is 12.6 Å². The summed E-state index contributed by atoms with van der Waals surface area (Å²) in [6, 6.07) is 11.3. The number of fused-ring (bicyclic) bond motifs is 1. The van der Waals surface area contributed by atoms with Gasteiger partial charge >= 0.3 is 6.09 Å². The summed E-state index contributed by atoms with van der Waals surface area (Å²) in [5.41, 5.74) is 6.13. The maximum atomic E-state index is 13.4. The van der Waals surface area contributed by atoms with Crippen molar-refractivity contribution in [3.8, 4) is 11.4 Å². The Hall–Kier alpha value is -4.19. The number of aromatic nitrogens is 3. The molecule has 3 heterocycles. The molecule has 1 aromatic carbocycles. The van der Waals surface area contributed by atoms with Gasteiger partial charge in [0.05, 0.1) is 5.39 Å². The van der Waals surface area contributed by atoms with Crippen LogP contribution in [0.1, 0.15) is 37.2 Å². The lowest BCUT2D eigenvalue weighted by Crippen LogP contribution is -2.57. The molecule has 3 amide bonds. The van der Waals surface area contributed by atoms with E-state index in [-0.39, 0.29) is 11.8 Å². The molecule has 1 fully saturated rings. The second-order valence-corrected chi connectivity index (χ2v) is 8.85. The van der Waals surface area contributed by atoms with Crippen LogP contribution >= 0.6 is 0 Å². The Morgan fingerprint density at radius 1 is 1.14 bits per heavy atom. The van der Waals surface area contributed by atoms with Crippen LogP contribution in [0.3, 0.4) is 0 Å². The highest BCUT2D eigenvalue weighted by molar-refractivity contribution is 6.00. The zero-order chi connectivity index (χ0) is 26.4. The molecule has 1 aliphatic rings. The van der Waals surface area contributed by atoms with Gasteiger partial charge in [0, 0.05) is 51.5 Å². The number of primary amides is 1. The number of amides is 3. The molecule has 0 atom stereocenters. The summed E-state index contributed by atoms with van der Waals surface area (Å²) in [5.74, 6) is 0.764. The molecule has 196 valence electrons. The molecule has 0 aliphatic carbocycles. The summed E-state index contributed by atoms with van der Waals surface area (Å²) in [6.45, 7) is 5.63. The molecule has 1 aliphatic heterocycles.